The molecular weight excluding hydrogens is 252 g/mol. The lowest BCUT2D eigenvalue weighted by molar-refractivity contribution is 0.590. The van der Waals surface area contributed by atoms with E-state index in [0.717, 1.165) is 5.82 Å². The average Bonchev–Trinajstić information content (AvgIpc) is 2.73. The lowest BCUT2D eigenvalue weighted by atomic mass is 10.3. The Morgan fingerprint density at radius 2 is 2.17 bits per heavy atom. The van der Waals surface area contributed by atoms with Crippen molar-refractivity contribution in [3.8, 4) is 0 Å². The molecule has 0 saturated heterocycles. The number of imidazole rings is 1. The number of rotatable bonds is 4. The molecule has 2 heterocycles. The summed E-state index contributed by atoms with van der Waals surface area (Å²) in [6, 6.07) is 1.35. The standard InChI is InChI=1S/C12H15ClN4O/c1-3-10-15-9(13)8-12(18)17(10)6-4-11-14-5-7-16(11)2/h5,7-8H,3-4,6H2,1-2H3. The van der Waals surface area contributed by atoms with E-state index >= 15 is 0 Å². The summed E-state index contributed by atoms with van der Waals surface area (Å²) in [7, 11) is 1.94. The Hall–Kier alpha value is -1.62. The van der Waals surface area contributed by atoms with Gasteiger partial charge in [-0.1, -0.05) is 18.5 Å². The van der Waals surface area contributed by atoms with E-state index in [1.54, 1.807) is 10.8 Å². The van der Waals surface area contributed by atoms with Gasteiger partial charge in [0.1, 0.15) is 16.8 Å². The fourth-order valence-corrected chi connectivity index (χ4v) is 2.07. The summed E-state index contributed by atoms with van der Waals surface area (Å²) in [5.74, 6) is 1.65. The van der Waals surface area contributed by atoms with Crippen LogP contribution in [0.2, 0.25) is 5.15 Å². The molecule has 0 aromatic carbocycles. The maximum absolute atomic E-state index is 11.9. The van der Waals surface area contributed by atoms with E-state index in [2.05, 4.69) is 9.97 Å². The number of hydrogen-bond donors (Lipinski definition) is 0. The van der Waals surface area contributed by atoms with Gasteiger partial charge in [0.25, 0.3) is 5.56 Å². The van der Waals surface area contributed by atoms with Gasteiger partial charge in [0.05, 0.1) is 0 Å². The molecule has 5 nitrogen and oxygen atoms in total. The van der Waals surface area contributed by atoms with Crippen molar-refractivity contribution in [2.75, 3.05) is 0 Å². The maximum Gasteiger partial charge on any atom is 0.254 e. The quantitative estimate of drug-likeness (QED) is 0.787. The van der Waals surface area contributed by atoms with Crippen molar-refractivity contribution in [2.24, 2.45) is 7.05 Å². The highest BCUT2D eigenvalue weighted by Crippen LogP contribution is 2.05. The van der Waals surface area contributed by atoms with Crippen molar-refractivity contribution in [1.29, 1.82) is 0 Å². The summed E-state index contributed by atoms with van der Waals surface area (Å²) in [6.45, 7) is 2.52. The smallest absolute Gasteiger partial charge is 0.254 e. The van der Waals surface area contributed by atoms with Crippen LogP contribution in [0.1, 0.15) is 18.6 Å². The molecule has 0 bridgehead atoms. The third-order valence-corrected chi connectivity index (χ3v) is 3.05. The molecule has 2 rings (SSSR count). The van der Waals surface area contributed by atoms with E-state index < -0.39 is 0 Å². The average molecular weight is 267 g/mol. The molecule has 0 spiro atoms. The van der Waals surface area contributed by atoms with Gasteiger partial charge in [-0.25, -0.2) is 9.97 Å². The summed E-state index contributed by atoms with van der Waals surface area (Å²) in [6.07, 6.45) is 5.01. The van der Waals surface area contributed by atoms with Crippen LogP contribution in [0, 0.1) is 0 Å². The van der Waals surface area contributed by atoms with Crippen LogP contribution in [-0.4, -0.2) is 19.1 Å². The molecule has 0 unspecified atom stereocenters. The van der Waals surface area contributed by atoms with Crippen molar-refractivity contribution in [3.05, 3.63) is 45.6 Å². The fraction of sp³-hybridized carbons (Fsp3) is 0.417. The van der Waals surface area contributed by atoms with E-state index in [1.165, 1.54) is 6.07 Å². The van der Waals surface area contributed by atoms with Gasteiger partial charge in [-0.05, 0) is 0 Å². The first kappa shape index (κ1) is 12.8. The molecule has 0 saturated carbocycles. The first-order chi connectivity index (χ1) is 8.61. The van der Waals surface area contributed by atoms with E-state index in [1.807, 2.05) is 24.7 Å². The Morgan fingerprint density at radius 3 is 2.78 bits per heavy atom. The highest BCUT2D eigenvalue weighted by molar-refractivity contribution is 6.29. The van der Waals surface area contributed by atoms with Gasteiger partial charge >= 0.3 is 0 Å². The molecule has 0 aliphatic heterocycles. The lowest BCUT2D eigenvalue weighted by Gasteiger charge is -2.10. The highest BCUT2D eigenvalue weighted by Gasteiger charge is 2.07. The molecule has 0 N–H and O–H groups in total. The Bertz CT molecular complexity index is 602. The van der Waals surface area contributed by atoms with Gasteiger partial charge in [0, 0.05) is 44.9 Å². The van der Waals surface area contributed by atoms with E-state index in [9.17, 15) is 4.79 Å². The zero-order valence-corrected chi connectivity index (χ0v) is 11.2. The Labute approximate surface area is 110 Å². The van der Waals surface area contributed by atoms with E-state index in [0.29, 0.717) is 25.2 Å². The van der Waals surface area contributed by atoms with Gasteiger partial charge in [-0.2, -0.15) is 0 Å². The summed E-state index contributed by atoms with van der Waals surface area (Å²) in [4.78, 5) is 20.3. The SMILES string of the molecule is CCc1nc(Cl)cc(=O)n1CCc1nccn1C. The third kappa shape index (κ3) is 2.61. The molecule has 2 aromatic rings. The molecule has 0 fully saturated rings. The van der Waals surface area contributed by atoms with Crippen LogP contribution >= 0.6 is 11.6 Å². The number of hydrogen-bond acceptors (Lipinski definition) is 3. The van der Waals surface area contributed by atoms with Crippen LogP contribution in [0.25, 0.3) is 0 Å². The van der Waals surface area contributed by atoms with Gasteiger partial charge in [-0.15, -0.1) is 0 Å². The number of aryl methyl sites for hydroxylation is 3. The van der Waals surface area contributed by atoms with Crippen LogP contribution in [0.4, 0.5) is 0 Å². The summed E-state index contributed by atoms with van der Waals surface area (Å²) < 4.78 is 3.60. The first-order valence-corrected chi connectivity index (χ1v) is 6.22. The molecule has 2 aromatic heterocycles. The summed E-state index contributed by atoms with van der Waals surface area (Å²) in [5, 5.41) is 0.255. The number of nitrogens with zero attached hydrogens (tertiary/aromatic N) is 4. The lowest BCUT2D eigenvalue weighted by Crippen LogP contribution is -2.25. The minimum atomic E-state index is -0.110. The highest BCUT2D eigenvalue weighted by atomic mass is 35.5. The minimum absolute atomic E-state index is 0.110. The number of aromatic nitrogens is 4. The molecular formula is C12H15ClN4O. The monoisotopic (exact) mass is 266 g/mol. The van der Waals surface area contributed by atoms with Crippen LogP contribution in [0.5, 0.6) is 0 Å². The molecule has 0 aliphatic carbocycles. The fourth-order valence-electron chi connectivity index (χ4n) is 1.88. The van der Waals surface area contributed by atoms with Crippen molar-refractivity contribution in [1.82, 2.24) is 19.1 Å². The molecule has 96 valence electrons. The van der Waals surface area contributed by atoms with Gasteiger partial charge in [0.2, 0.25) is 0 Å². The second kappa shape index (κ2) is 5.35. The van der Waals surface area contributed by atoms with Crippen molar-refractivity contribution < 1.29 is 0 Å². The Kier molecular flexibility index (Phi) is 3.81. The van der Waals surface area contributed by atoms with Crippen LogP contribution in [-0.2, 0) is 26.4 Å². The predicted octanol–water partition coefficient (Wildman–Crippen LogP) is 1.44. The molecule has 6 heteroatoms. The van der Waals surface area contributed by atoms with Crippen molar-refractivity contribution in [3.63, 3.8) is 0 Å². The molecule has 0 radical (unpaired) electrons. The number of halogens is 1. The van der Waals surface area contributed by atoms with Crippen molar-refractivity contribution >= 4 is 11.6 Å². The van der Waals surface area contributed by atoms with Crippen LogP contribution < -0.4 is 5.56 Å². The predicted molar refractivity (Wildman–Crippen MR) is 69.8 cm³/mol. The topological polar surface area (TPSA) is 52.7 Å². The van der Waals surface area contributed by atoms with Crippen molar-refractivity contribution in [2.45, 2.75) is 26.3 Å². The second-order valence-corrected chi connectivity index (χ2v) is 4.43. The van der Waals surface area contributed by atoms with Gasteiger partial charge in [-0.3, -0.25) is 9.36 Å². The van der Waals surface area contributed by atoms with Crippen LogP contribution in [0.15, 0.2) is 23.3 Å². The Balaban J connectivity index is 2.24. The first-order valence-electron chi connectivity index (χ1n) is 5.84. The Morgan fingerprint density at radius 1 is 1.39 bits per heavy atom. The normalized spacial score (nSPS) is 10.8. The van der Waals surface area contributed by atoms with Gasteiger partial charge in [0.15, 0.2) is 0 Å². The molecule has 0 aliphatic rings. The molecule has 18 heavy (non-hydrogen) atoms. The zero-order chi connectivity index (χ0) is 13.1. The molecule has 0 atom stereocenters. The van der Waals surface area contributed by atoms with Crippen LogP contribution in [0.3, 0.4) is 0 Å². The summed E-state index contributed by atoms with van der Waals surface area (Å²) >= 11 is 5.78. The largest absolute Gasteiger partial charge is 0.338 e. The second-order valence-electron chi connectivity index (χ2n) is 4.04. The zero-order valence-electron chi connectivity index (χ0n) is 10.4. The summed E-state index contributed by atoms with van der Waals surface area (Å²) in [5.41, 5.74) is -0.110. The van der Waals surface area contributed by atoms with Gasteiger partial charge < -0.3 is 4.57 Å². The van der Waals surface area contributed by atoms with E-state index in [-0.39, 0.29) is 10.7 Å². The minimum Gasteiger partial charge on any atom is -0.338 e. The third-order valence-electron chi connectivity index (χ3n) is 2.85. The maximum atomic E-state index is 11.9. The molecule has 0 amide bonds. The van der Waals surface area contributed by atoms with E-state index in [4.69, 9.17) is 11.6 Å².